The molecule has 9 heteroatoms. The maximum Gasteiger partial charge on any atom is 0.268 e. The number of rotatable bonds is 9. The molecule has 2 N–H and O–H groups in total. The van der Waals surface area contributed by atoms with Crippen LogP contribution in [0.4, 0.5) is 0 Å². The van der Waals surface area contributed by atoms with Crippen LogP contribution in [0.2, 0.25) is 0 Å². The molecule has 178 valence electrons. The van der Waals surface area contributed by atoms with Crippen molar-refractivity contribution >= 4 is 39.1 Å². The van der Waals surface area contributed by atoms with E-state index < -0.39 is 21.7 Å². The topological polar surface area (TPSA) is 102 Å². The van der Waals surface area contributed by atoms with Gasteiger partial charge in [0.15, 0.2) is 9.84 Å². The molecule has 1 unspecified atom stereocenters. The van der Waals surface area contributed by atoms with Crippen LogP contribution in [0.15, 0.2) is 76.6 Å². The third kappa shape index (κ3) is 6.55. The molecular weight excluding hydrogens is 472 g/mol. The Balaban J connectivity index is 1.82. The summed E-state index contributed by atoms with van der Waals surface area (Å²) in [6, 6.07) is 16.3. The zero-order valence-electron chi connectivity index (χ0n) is 19.1. The largest absolute Gasteiger partial charge is 0.497 e. The molecule has 0 aliphatic heterocycles. The van der Waals surface area contributed by atoms with Crippen LogP contribution in [0.1, 0.15) is 40.2 Å². The summed E-state index contributed by atoms with van der Waals surface area (Å²) < 4.78 is 28.6. The average Bonchev–Trinajstić information content (AvgIpc) is 3.34. The van der Waals surface area contributed by atoms with Crippen LogP contribution in [0.25, 0.3) is 6.08 Å². The summed E-state index contributed by atoms with van der Waals surface area (Å²) in [4.78, 5) is 27.0. The number of hydrogen-bond donors (Lipinski definition) is 2. The van der Waals surface area contributed by atoms with E-state index in [9.17, 15) is 18.0 Å². The number of nitrogens with one attached hydrogen (secondary N) is 2. The van der Waals surface area contributed by atoms with Crippen molar-refractivity contribution in [2.24, 2.45) is 0 Å². The Bertz CT molecular complexity index is 1260. The summed E-state index contributed by atoms with van der Waals surface area (Å²) in [5.74, 6) is -0.253. The third-order valence-electron chi connectivity index (χ3n) is 5.10. The molecule has 2 aromatic carbocycles. The maximum atomic E-state index is 13.2. The van der Waals surface area contributed by atoms with E-state index in [2.05, 4.69) is 10.6 Å². The van der Waals surface area contributed by atoms with Gasteiger partial charge in [0.2, 0.25) is 0 Å². The van der Waals surface area contributed by atoms with Crippen molar-refractivity contribution in [1.29, 1.82) is 0 Å². The first-order chi connectivity index (χ1) is 16.2. The molecule has 3 aromatic rings. The Morgan fingerprint density at radius 3 is 2.26 bits per heavy atom. The summed E-state index contributed by atoms with van der Waals surface area (Å²) in [5.41, 5.74) is 1.25. The van der Waals surface area contributed by atoms with Gasteiger partial charge < -0.3 is 15.4 Å². The number of sulfone groups is 1. The lowest BCUT2D eigenvalue weighted by Crippen LogP contribution is -2.36. The van der Waals surface area contributed by atoms with Gasteiger partial charge in [0, 0.05) is 16.7 Å². The molecule has 0 saturated heterocycles. The average molecular weight is 499 g/mol. The molecule has 2 amide bonds. The van der Waals surface area contributed by atoms with E-state index in [1.54, 1.807) is 49.6 Å². The highest BCUT2D eigenvalue weighted by Gasteiger charge is 2.19. The molecule has 0 aliphatic carbocycles. The van der Waals surface area contributed by atoms with Gasteiger partial charge in [-0.05, 0) is 65.9 Å². The van der Waals surface area contributed by atoms with Crippen LogP contribution in [-0.4, -0.2) is 33.6 Å². The van der Waals surface area contributed by atoms with Crippen molar-refractivity contribution in [3.63, 3.8) is 0 Å². The lowest BCUT2D eigenvalue weighted by Gasteiger charge is -2.19. The quantitative estimate of drug-likeness (QED) is 0.431. The lowest BCUT2D eigenvalue weighted by atomic mass is 10.0. The number of amides is 2. The van der Waals surface area contributed by atoms with Crippen molar-refractivity contribution < 1.29 is 22.7 Å². The molecule has 0 saturated carbocycles. The van der Waals surface area contributed by atoms with Gasteiger partial charge in [-0.1, -0.05) is 25.1 Å². The predicted molar refractivity (Wildman–Crippen MR) is 133 cm³/mol. The van der Waals surface area contributed by atoms with E-state index in [4.69, 9.17) is 4.74 Å². The predicted octanol–water partition coefficient (Wildman–Crippen LogP) is 4.20. The number of carbonyl (C=O) groups excluding carboxylic acids is 2. The van der Waals surface area contributed by atoms with Crippen LogP contribution in [0, 0.1) is 0 Å². The van der Waals surface area contributed by atoms with Crippen LogP contribution in [0.3, 0.4) is 0 Å². The number of ether oxygens (including phenoxy) is 1. The van der Waals surface area contributed by atoms with Gasteiger partial charge in [-0.2, -0.15) is 0 Å². The van der Waals surface area contributed by atoms with E-state index in [-0.39, 0.29) is 16.6 Å². The molecule has 7 nitrogen and oxygen atoms in total. The fourth-order valence-corrected chi connectivity index (χ4v) is 4.50. The van der Waals surface area contributed by atoms with Gasteiger partial charge in [0.05, 0.1) is 18.0 Å². The van der Waals surface area contributed by atoms with Crippen LogP contribution < -0.4 is 15.4 Å². The SMILES string of the molecule is CCC(NC(=O)/C(=C/c1cccs1)NC(=O)c1ccc(OC)cc1)c1ccc(S(C)(=O)=O)cc1. The monoisotopic (exact) mass is 498 g/mol. The van der Waals surface area contributed by atoms with Gasteiger partial charge in [-0.25, -0.2) is 8.42 Å². The molecule has 3 rings (SSSR count). The van der Waals surface area contributed by atoms with E-state index in [0.717, 1.165) is 16.7 Å². The molecule has 1 aromatic heterocycles. The van der Waals surface area contributed by atoms with Gasteiger partial charge in [-0.3, -0.25) is 9.59 Å². The summed E-state index contributed by atoms with van der Waals surface area (Å²) in [5, 5.41) is 7.54. The highest BCUT2D eigenvalue weighted by atomic mass is 32.2. The molecule has 0 radical (unpaired) electrons. The minimum absolute atomic E-state index is 0.106. The smallest absolute Gasteiger partial charge is 0.268 e. The van der Waals surface area contributed by atoms with Crippen molar-refractivity contribution in [2.75, 3.05) is 13.4 Å². The highest BCUT2D eigenvalue weighted by molar-refractivity contribution is 7.90. The van der Waals surface area contributed by atoms with Crippen LogP contribution in [-0.2, 0) is 14.6 Å². The van der Waals surface area contributed by atoms with Crippen molar-refractivity contribution in [1.82, 2.24) is 10.6 Å². The minimum atomic E-state index is -3.31. The minimum Gasteiger partial charge on any atom is -0.497 e. The highest BCUT2D eigenvalue weighted by Crippen LogP contribution is 2.21. The Morgan fingerprint density at radius 2 is 1.74 bits per heavy atom. The molecular formula is C25H26N2O5S2. The molecule has 0 bridgehead atoms. The Labute approximate surface area is 203 Å². The number of methoxy groups -OCH3 is 1. The van der Waals surface area contributed by atoms with Crippen LogP contribution in [0.5, 0.6) is 5.75 Å². The zero-order chi connectivity index (χ0) is 24.7. The molecule has 1 atom stereocenters. The summed E-state index contributed by atoms with van der Waals surface area (Å²) in [6.45, 7) is 1.91. The Kier molecular flexibility index (Phi) is 8.25. The third-order valence-corrected chi connectivity index (χ3v) is 7.05. The molecule has 0 aliphatic rings. The van der Waals surface area contributed by atoms with Gasteiger partial charge >= 0.3 is 0 Å². The molecule has 34 heavy (non-hydrogen) atoms. The number of benzene rings is 2. The Hall–Kier alpha value is -3.43. The standard InChI is InChI=1S/C25H26N2O5S2/c1-4-22(17-9-13-21(14-10-17)34(3,30)31)26-25(29)23(16-20-6-5-15-33-20)27-24(28)18-7-11-19(32-2)12-8-18/h5-16,22H,4H2,1-3H3,(H,26,29)(H,27,28)/b23-16-. The van der Waals surface area contributed by atoms with Crippen molar-refractivity contribution in [2.45, 2.75) is 24.3 Å². The van der Waals surface area contributed by atoms with Gasteiger partial charge in [0.25, 0.3) is 11.8 Å². The number of hydrogen-bond acceptors (Lipinski definition) is 6. The van der Waals surface area contributed by atoms with E-state index in [1.807, 2.05) is 24.4 Å². The summed E-state index contributed by atoms with van der Waals surface area (Å²) >= 11 is 1.44. The molecule has 0 spiro atoms. The van der Waals surface area contributed by atoms with Gasteiger partial charge in [-0.15, -0.1) is 11.3 Å². The second-order valence-electron chi connectivity index (χ2n) is 7.53. The molecule has 1 heterocycles. The Morgan fingerprint density at radius 1 is 1.06 bits per heavy atom. The zero-order valence-corrected chi connectivity index (χ0v) is 20.7. The summed E-state index contributed by atoms with van der Waals surface area (Å²) in [7, 11) is -1.77. The normalized spacial score (nSPS) is 12.6. The van der Waals surface area contributed by atoms with E-state index >= 15 is 0 Å². The number of carbonyl (C=O) groups is 2. The second kappa shape index (κ2) is 11.1. The van der Waals surface area contributed by atoms with Crippen molar-refractivity contribution in [3.8, 4) is 5.75 Å². The van der Waals surface area contributed by atoms with E-state index in [0.29, 0.717) is 17.7 Å². The first-order valence-electron chi connectivity index (χ1n) is 10.5. The fraction of sp³-hybridized carbons (Fsp3) is 0.200. The number of thiophene rings is 1. The molecule has 0 fully saturated rings. The summed E-state index contributed by atoms with van der Waals surface area (Å²) in [6.07, 6.45) is 3.35. The second-order valence-corrected chi connectivity index (χ2v) is 10.5. The fourth-order valence-electron chi connectivity index (χ4n) is 3.22. The first kappa shape index (κ1) is 25.2. The van der Waals surface area contributed by atoms with Gasteiger partial charge in [0.1, 0.15) is 11.4 Å². The lowest BCUT2D eigenvalue weighted by molar-refractivity contribution is -0.118. The maximum absolute atomic E-state index is 13.2. The van der Waals surface area contributed by atoms with E-state index in [1.165, 1.54) is 23.5 Å². The van der Waals surface area contributed by atoms with Crippen molar-refractivity contribution in [3.05, 3.63) is 87.7 Å². The van der Waals surface area contributed by atoms with Crippen LogP contribution >= 0.6 is 11.3 Å². The first-order valence-corrected chi connectivity index (χ1v) is 13.3.